The maximum absolute atomic E-state index is 7.18. The van der Waals surface area contributed by atoms with Crippen LogP contribution >= 0.6 is 0 Å². The molecule has 0 bridgehead atoms. The summed E-state index contributed by atoms with van der Waals surface area (Å²) in [4.78, 5) is 5.13. The number of ether oxygens (including phenoxy) is 1. The molecule has 63 heavy (non-hydrogen) atoms. The average Bonchev–Trinajstić information content (AvgIpc) is 3.63. The zero-order valence-electron chi connectivity index (χ0n) is 37.6. The van der Waals surface area contributed by atoms with Crippen LogP contribution in [0.15, 0.2) is 150 Å². The molecule has 308 valence electrons. The summed E-state index contributed by atoms with van der Waals surface area (Å²) in [6, 6.07) is 54.4. The third kappa shape index (κ3) is 5.61. The average molecular weight is 819 g/mol. The molecular weight excluding hydrogens is 767 g/mol. The molecule has 3 aliphatic rings. The summed E-state index contributed by atoms with van der Waals surface area (Å²) in [6.45, 7) is 20.4. The zero-order chi connectivity index (χ0) is 43.3. The third-order valence-corrected chi connectivity index (χ3v) is 13.9. The van der Waals surface area contributed by atoms with Crippen molar-refractivity contribution in [2.45, 2.75) is 78.6 Å². The smallest absolute Gasteiger partial charge is 0.333 e. The van der Waals surface area contributed by atoms with Crippen LogP contribution in [-0.2, 0) is 16.2 Å². The van der Waals surface area contributed by atoms with Crippen molar-refractivity contribution in [3.63, 3.8) is 0 Å². The topological polar surface area (TPSA) is 28.9 Å². The van der Waals surface area contributed by atoms with Crippen LogP contribution in [0, 0.1) is 0 Å². The highest BCUT2D eigenvalue weighted by molar-refractivity contribution is 6.94. The summed E-state index contributed by atoms with van der Waals surface area (Å²) >= 11 is 0. The summed E-state index contributed by atoms with van der Waals surface area (Å²) in [5.41, 5.74) is 18.1. The Labute approximate surface area is 370 Å². The van der Waals surface area contributed by atoms with Gasteiger partial charge in [0.15, 0.2) is 5.75 Å². The van der Waals surface area contributed by atoms with Gasteiger partial charge in [0.25, 0.3) is 0 Å². The Bertz CT molecular complexity index is 3390. The quantitative estimate of drug-likeness (QED) is 0.163. The SMILES string of the molecule is CC(C)(C)c1ccc(N2c3cc(-c4cccc5ccccc45)ccc3B3c4c2cc2c(oc5ccccc52)c4-c2cc(C(C)(C)C)cc4c2N3c2ccc(C(C)(C)C)cc2O4)cc1. The summed E-state index contributed by atoms with van der Waals surface area (Å²) in [6.07, 6.45) is 0. The van der Waals surface area contributed by atoms with Gasteiger partial charge < -0.3 is 18.9 Å². The van der Waals surface area contributed by atoms with Crippen molar-refractivity contribution in [2.24, 2.45) is 0 Å². The van der Waals surface area contributed by atoms with Gasteiger partial charge in [-0.25, -0.2) is 0 Å². The number of hydrogen-bond donors (Lipinski definition) is 0. The fourth-order valence-corrected chi connectivity index (χ4v) is 10.5. The van der Waals surface area contributed by atoms with Gasteiger partial charge in [0.1, 0.15) is 16.9 Å². The van der Waals surface area contributed by atoms with E-state index in [1.165, 1.54) is 49.5 Å². The maximum Gasteiger partial charge on any atom is 0.333 e. The fourth-order valence-electron chi connectivity index (χ4n) is 10.5. The van der Waals surface area contributed by atoms with Gasteiger partial charge in [-0.3, -0.25) is 0 Å². The summed E-state index contributed by atoms with van der Waals surface area (Å²) in [7, 11) is 0. The van der Waals surface area contributed by atoms with Crippen LogP contribution in [0.1, 0.15) is 79.0 Å². The van der Waals surface area contributed by atoms with E-state index >= 15 is 0 Å². The van der Waals surface area contributed by atoms with Crippen molar-refractivity contribution in [1.82, 2.24) is 0 Å². The second kappa shape index (κ2) is 12.9. The number of benzene rings is 8. The van der Waals surface area contributed by atoms with Crippen LogP contribution in [0.3, 0.4) is 0 Å². The summed E-state index contributed by atoms with van der Waals surface area (Å²) < 4.78 is 14.3. The zero-order valence-corrected chi connectivity index (χ0v) is 37.6. The normalized spacial score (nSPS) is 14.1. The minimum absolute atomic E-state index is 0.0154. The first kappa shape index (κ1) is 38.0. The molecular formula is C58H51BN2O2. The predicted molar refractivity (Wildman–Crippen MR) is 267 cm³/mol. The molecule has 5 heteroatoms. The summed E-state index contributed by atoms with van der Waals surface area (Å²) in [5.74, 6) is 1.77. The Morgan fingerprint density at radius 2 is 1.17 bits per heavy atom. The van der Waals surface area contributed by atoms with Crippen molar-refractivity contribution in [2.75, 3.05) is 9.71 Å². The molecule has 9 aromatic rings. The molecule has 8 aromatic carbocycles. The number of fused-ring (bicyclic) bond motifs is 11. The van der Waals surface area contributed by atoms with Crippen molar-refractivity contribution in [3.05, 3.63) is 162 Å². The molecule has 0 fully saturated rings. The Morgan fingerprint density at radius 3 is 1.94 bits per heavy atom. The lowest BCUT2D eigenvalue weighted by atomic mass is 9.43. The Hall–Kier alpha value is -6.72. The van der Waals surface area contributed by atoms with Gasteiger partial charge >= 0.3 is 6.85 Å². The van der Waals surface area contributed by atoms with E-state index in [-0.39, 0.29) is 23.1 Å². The van der Waals surface area contributed by atoms with Gasteiger partial charge in [0.2, 0.25) is 0 Å². The van der Waals surface area contributed by atoms with Gasteiger partial charge in [0.05, 0.1) is 11.4 Å². The van der Waals surface area contributed by atoms with E-state index in [2.05, 4.69) is 218 Å². The third-order valence-electron chi connectivity index (χ3n) is 13.9. The van der Waals surface area contributed by atoms with Crippen molar-refractivity contribution in [1.29, 1.82) is 0 Å². The number of para-hydroxylation sites is 1. The first-order chi connectivity index (χ1) is 30.1. The number of anilines is 5. The maximum atomic E-state index is 7.18. The van der Waals surface area contributed by atoms with Crippen molar-refractivity contribution < 1.29 is 9.15 Å². The Kier molecular flexibility index (Phi) is 7.79. The lowest BCUT2D eigenvalue weighted by Gasteiger charge is -2.48. The molecule has 4 heterocycles. The second-order valence-electron chi connectivity index (χ2n) is 21.0. The molecule has 0 atom stereocenters. The minimum atomic E-state index is -0.191. The van der Waals surface area contributed by atoms with E-state index in [0.717, 1.165) is 73.0 Å². The van der Waals surface area contributed by atoms with Crippen LogP contribution in [0.25, 0.3) is 55.0 Å². The molecule has 0 N–H and O–H groups in total. The molecule has 0 spiro atoms. The van der Waals surface area contributed by atoms with E-state index in [4.69, 9.17) is 9.15 Å². The minimum Gasteiger partial charge on any atom is -0.455 e. The molecule has 0 saturated carbocycles. The van der Waals surface area contributed by atoms with Gasteiger partial charge in [-0.15, -0.1) is 0 Å². The van der Waals surface area contributed by atoms with E-state index < -0.39 is 0 Å². The highest BCUT2D eigenvalue weighted by atomic mass is 16.5. The van der Waals surface area contributed by atoms with Crippen LogP contribution in [0.5, 0.6) is 11.5 Å². The standard InChI is InChI=1S/C58H51BN2O2/c1-56(2,3)36-22-25-39(26-23-36)60-47-29-35(41-19-14-16-34-15-10-11-17-40(34)41)21-27-45(47)59-53-48(60)33-43-42-18-12-13-20-49(42)63-55(43)52(53)44-30-38(58(7,8)9)32-51-54(44)61(59)46-28-24-37(57(4,5)6)31-50(46)62-51/h10-33H,1-9H3. The molecule has 0 saturated heterocycles. The van der Waals surface area contributed by atoms with Gasteiger partial charge in [-0.1, -0.05) is 153 Å². The molecule has 0 radical (unpaired) electrons. The second-order valence-corrected chi connectivity index (χ2v) is 21.0. The van der Waals surface area contributed by atoms with E-state index in [9.17, 15) is 0 Å². The van der Waals surface area contributed by atoms with Gasteiger partial charge in [-0.2, -0.15) is 0 Å². The van der Waals surface area contributed by atoms with Gasteiger partial charge in [-0.05, 0) is 120 Å². The molecule has 4 nitrogen and oxygen atoms in total. The lowest BCUT2D eigenvalue weighted by molar-refractivity contribution is 0.470. The molecule has 0 unspecified atom stereocenters. The van der Waals surface area contributed by atoms with E-state index in [0.29, 0.717) is 0 Å². The molecule has 0 aliphatic carbocycles. The van der Waals surface area contributed by atoms with Crippen LogP contribution in [0.2, 0.25) is 0 Å². The highest BCUT2D eigenvalue weighted by Crippen LogP contribution is 2.58. The molecule has 1 aromatic heterocycles. The molecule has 3 aliphatic heterocycles. The fraction of sp³-hybridized carbons (Fsp3) is 0.207. The van der Waals surface area contributed by atoms with Crippen molar-refractivity contribution >= 4 is 78.9 Å². The van der Waals surface area contributed by atoms with Crippen LogP contribution < -0.4 is 25.4 Å². The van der Waals surface area contributed by atoms with E-state index in [1.807, 2.05) is 0 Å². The summed E-state index contributed by atoms with van der Waals surface area (Å²) in [5, 5.41) is 4.70. The lowest BCUT2D eigenvalue weighted by Crippen LogP contribution is -2.62. The highest BCUT2D eigenvalue weighted by Gasteiger charge is 2.50. The van der Waals surface area contributed by atoms with Gasteiger partial charge in [0, 0.05) is 39.0 Å². The van der Waals surface area contributed by atoms with Crippen molar-refractivity contribution in [3.8, 4) is 33.8 Å². The predicted octanol–water partition coefficient (Wildman–Crippen LogP) is 15.1. The molecule has 12 rings (SSSR count). The number of nitrogens with zero attached hydrogens (tertiary/aromatic N) is 2. The van der Waals surface area contributed by atoms with Crippen LogP contribution in [-0.4, -0.2) is 6.85 Å². The first-order valence-corrected chi connectivity index (χ1v) is 22.4. The first-order valence-electron chi connectivity index (χ1n) is 22.4. The van der Waals surface area contributed by atoms with Crippen LogP contribution in [0.4, 0.5) is 28.4 Å². The Morgan fingerprint density at radius 1 is 0.492 bits per heavy atom. The monoisotopic (exact) mass is 818 g/mol. The number of hydrogen-bond acceptors (Lipinski definition) is 4. The Balaban J connectivity index is 1.23. The number of rotatable bonds is 2. The molecule has 0 amide bonds. The number of furan rings is 1. The largest absolute Gasteiger partial charge is 0.455 e. The van der Waals surface area contributed by atoms with E-state index in [1.54, 1.807) is 0 Å².